The molecule has 0 saturated heterocycles. The van der Waals surface area contributed by atoms with E-state index in [-0.39, 0.29) is 10.9 Å². The van der Waals surface area contributed by atoms with Gasteiger partial charge in [-0.1, -0.05) is 12.1 Å². The summed E-state index contributed by atoms with van der Waals surface area (Å²) in [6.45, 7) is 0.580. The molecule has 4 rings (SSSR count). The minimum absolute atomic E-state index is 0.145. The molecule has 0 aliphatic rings. The lowest BCUT2D eigenvalue weighted by Crippen LogP contribution is -2.05. The first-order chi connectivity index (χ1) is 14.6. The van der Waals surface area contributed by atoms with E-state index >= 15 is 0 Å². The topological polar surface area (TPSA) is 9.23 Å². The molecule has 0 aliphatic carbocycles. The van der Waals surface area contributed by atoms with Gasteiger partial charge in [0.25, 0.3) is 0 Å². The average molecular weight is 747 g/mol. The van der Waals surface area contributed by atoms with Gasteiger partial charge in [0.05, 0.1) is 10.9 Å². The van der Waals surface area contributed by atoms with E-state index < -0.39 is 0 Å². The molecule has 0 bridgehead atoms. The monoisotopic (exact) mass is 747 g/mol. The van der Waals surface area contributed by atoms with Crippen LogP contribution in [0.15, 0.2) is 112 Å². The molecule has 5 heteroatoms. The largest absolute Gasteiger partial charge is 0.489 e. The van der Waals surface area contributed by atoms with Crippen LogP contribution in [0.2, 0.25) is 0 Å². The highest BCUT2D eigenvalue weighted by Gasteiger charge is 2.28. The van der Waals surface area contributed by atoms with E-state index in [1.807, 2.05) is 0 Å². The van der Waals surface area contributed by atoms with Gasteiger partial charge in [0.1, 0.15) is 12.4 Å². The summed E-state index contributed by atoms with van der Waals surface area (Å²) >= 11 is 7.04. The van der Waals surface area contributed by atoms with Crippen LogP contribution in [0.25, 0.3) is 0 Å². The zero-order chi connectivity index (χ0) is 20.9. The Bertz CT molecular complexity index is 1050. The van der Waals surface area contributed by atoms with Gasteiger partial charge >= 0.3 is 0 Å². The molecule has 0 radical (unpaired) electrons. The lowest BCUT2D eigenvalue weighted by Gasteiger charge is -2.10. The highest BCUT2D eigenvalue weighted by Crippen LogP contribution is 2.33. The van der Waals surface area contributed by atoms with Crippen LogP contribution in [0.1, 0.15) is 5.56 Å². The number of halogens is 3. The van der Waals surface area contributed by atoms with E-state index in [9.17, 15) is 0 Å². The third kappa shape index (κ3) is 5.92. The molecule has 0 unspecified atom stereocenters. The molecule has 4 aromatic carbocycles. The molecule has 0 atom stereocenters. The van der Waals surface area contributed by atoms with Crippen LogP contribution < -0.4 is 4.74 Å². The number of benzene rings is 4. The SMILES string of the molecule is Ic1ccc(COc2ccc([S+](c3ccc(I)cc3)c3ccc(I)cc3)cc2)cc1. The molecule has 0 N–H and O–H groups in total. The van der Waals surface area contributed by atoms with Crippen LogP contribution in [-0.4, -0.2) is 0 Å². The fourth-order valence-electron chi connectivity index (χ4n) is 2.97. The van der Waals surface area contributed by atoms with Crippen molar-refractivity contribution in [3.63, 3.8) is 0 Å². The lowest BCUT2D eigenvalue weighted by atomic mass is 10.2. The number of rotatable bonds is 6. The van der Waals surface area contributed by atoms with Gasteiger partial charge in [-0.05, 0) is 158 Å². The van der Waals surface area contributed by atoms with Gasteiger partial charge in [-0.2, -0.15) is 0 Å². The fourth-order valence-corrected chi connectivity index (χ4v) is 6.09. The van der Waals surface area contributed by atoms with E-state index in [0.29, 0.717) is 6.61 Å². The van der Waals surface area contributed by atoms with Crippen molar-refractivity contribution in [1.29, 1.82) is 0 Å². The van der Waals surface area contributed by atoms with Crippen molar-refractivity contribution in [2.24, 2.45) is 0 Å². The number of ether oxygens (including phenoxy) is 1. The summed E-state index contributed by atoms with van der Waals surface area (Å²) in [5, 5.41) is 0. The molecule has 30 heavy (non-hydrogen) atoms. The fraction of sp³-hybridized carbons (Fsp3) is 0.0400. The zero-order valence-electron chi connectivity index (χ0n) is 15.9. The second kappa shape index (κ2) is 10.7. The van der Waals surface area contributed by atoms with Crippen LogP contribution in [-0.2, 0) is 17.5 Å². The Balaban J connectivity index is 1.58. The van der Waals surface area contributed by atoms with Gasteiger partial charge in [0.15, 0.2) is 14.7 Å². The molecule has 0 spiro atoms. The summed E-state index contributed by atoms with van der Waals surface area (Å²) in [6.07, 6.45) is 0. The van der Waals surface area contributed by atoms with Gasteiger partial charge in [-0.3, -0.25) is 0 Å². The van der Waals surface area contributed by atoms with Crippen molar-refractivity contribution < 1.29 is 4.74 Å². The first kappa shape index (κ1) is 22.4. The maximum absolute atomic E-state index is 6.01. The highest BCUT2D eigenvalue weighted by atomic mass is 127. The van der Waals surface area contributed by atoms with Crippen LogP contribution >= 0.6 is 67.8 Å². The maximum atomic E-state index is 6.01. The maximum Gasteiger partial charge on any atom is 0.166 e. The minimum atomic E-state index is -0.145. The van der Waals surface area contributed by atoms with Crippen LogP contribution in [0, 0.1) is 10.7 Å². The Kier molecular flexibility index (Phi) is 7.99. The van der Waals surface area contributed by atoms with E-state index in [1.54, 1.807) is 0 Å². The summed E-state index contributed by atoms with van der Waals surface area (Å²) in [7, 11) is -0.145. The lowest BCUT2D eigenvalue weighted by molar-refractivity contribution is 0.306. The van der Waals surface area contributed by atoms with Crippen molar-refractivity contribution in [2.45, 2.75) is 21.3 Å². The zero-order valence-corrected chi connectivity index (χ0v) is 23.2. The van der Waals surface area contributed by atoms with Crippen molar-refractivity contribution in [1.82, 2.24) is 0 Å². The second-order valence-electron chi connectivity index (χ2n) is 6.60. The molecular weight excluding hydrogens is 729 g/mol. The standard InChI is InChI=1S/C25H18I3OS/c26-19-3-1-18(2-4-19)17-29-22-9-15-25(16-10-22)30(23-11-5-20(27)6-12-23)24-13-7-21(28)8-14-24/h1-16H,17H2/q+1. The second-order valence-corrected chi connectivity index (χ2v) is 12.4. The van der Waals surface area contributed by atoms with Gasteiger partial charge in [0, 0.05) is 10.7 Å². The van der Waals surface area contributed by atoms with E-state index in [1.165, 1.54) is 31.0 Å². The summed E-state index contributed by atoms with van der Waals surface area (Å²) < 4.78 is 9.75. The highest BCUT2D eigenvalue weighted by molar-refractivity contribution is 14.1. The Labute approximate surface area is 221 Å². The molecule has 0 heterocycles. The van der Waals surface area contributed by atoms with E-state index in [0.717, 1.165) is 5.75 Å². The molecule has 0 aliphatic heterocycles. The van der Waals surface area contributed by atoms with Crippen LogP contribution in [0.3, 0.4) is 0 Å². The first-order valence-electron chi connectivity index (χ1n) is 9.31. The predicted molar refractivity (Wildman–Crippen MR) is 150 cm³/mol. The van der Waals surface area contributed by atoms with Gasteiger partial charge < -0.3 is 4.74 Å². The molecule has 0 aromatic heterocycles. The molecule has 1 nitrogen and oxygen atoms in total. The quantitative estimate of drug-likeness (QED) is 0.143. The minimum Gasteiger partial charge on any atom is -0.489 e. The molecule has 150 valence electrons. The summed E-state index contributed by atoms with van der Waals surface area (Å²) in [5.74, 6) is 0.895. The summed E-state index contributed by atoms with van der Waals surface area (Å²) in [4.78, 5) is 3.94. The Morgan fingerprint density at radius 1 is 0.500 bits per heavy atom. The van der Waals surface area contributed by atoms with Crippen LogP contribution in [0.4, 0.5) is 0 Å². The molecule has 0 saturated carbocycles. The smallest absolute Gasteiger partial charge is 0.166 e. The first-order valence-corrected chi connectivity index (χ1v) is 13.8. The van der Waals surface area contributed by atoms with Gasteiger partial charge in [-0.15, -0.1) is 0 Å². The molecule has 0 amide bonds. The van der Waals surface area contributed by atoms with Gasteiger partial charge in [-0.25, -0.2) is 0 Å². The molecule has 4 aromatic rings. The van der Waals surface area contributed by atoms with Crippen molar-refractivity contribution in [3.8, 4) is 5.75 Å². The number of hydrogen-bond donors (Lipinski definition) is 0. The molecule has 0 fully saturated rings. The average Bonchev–Trinajstić information content (AvgIpc) is 2.77. The van der Waals surface area contributed by atoms with Crippen molar-refractivity contribution in [3.05, 3.63) is 113 Å². The number of hydrogen-bond acceptors (Lipinski definition) is 1. The van der Waals surface area contributed by atoms with Crippen molar-refractivity contribution >= 4 is 78.7 Å². The summed E-state index contributed by atoms with van der Waals surface area (Å²) in [6, 6.07) is 34.7. The van der Waals surface area contributed by atoms with Gasteiger partial charge in [0.2, 0.25) is 0 Å². The van der Waals surface area contributed by atoms with E-state index in [2.05, 4.69) is 165 Å². The molecular formula is C25H18I3OS+. The van der Waals surface area contributed by atoms with E-state index in [4.69, 9.17) is 4.74 Å². The predicted octanol–water partition coefficient (Wildman–Crippen LogP) is 8.17. The summed E-state index contributed by atoms with van der Waals surface area (Å²) in [5.41, 5.74) is 1.18. The Morgan fingerprint density at radius 2 is 0.867 bits per heavy atom. The van der Waals surface area contributed by atoms with Crippen LogP contribution in [0.5, 0.6) is 5.75 Å². The normalized spacial score (nSPS) is 10.9. The Morgan fingerprint density at radius 3 is 1.30 bits per heavy atom. The third-order valence-corrected chi connectivity index (χ3v) is 8.87. The third-order valence-electron chi connectivity index (χ3n) is 4.48. The Hall–Kier alpha value is -0.780. The van der Waals surface area contributed by atoms with Crippen molar-refractivity contribution in [2.75, 3.05) is 0 Å².